The summed E-state index contributed by atoms with van der Waals surface area (Å²) in [6.07, 6.45) is 4.78. The van der Waals surface area contributed by atoms with Crippen molar-refractivity contribution in [1.82, 2.24) is 5.32 Å². The zero-order valence-corrected chi connectivity index (χ0v) is 12.0. The molecule has 0 aromatic heterocycles. The Bertz CT molecular complexity index is 421. The fourth-order valence-electron chi connectivity index (χ4n) is 2.46. The molecule has 2 rings (SSSR count). The van der Waals surface area contributed by atoms with Gasteiger partial charge in [0.2, 0.25) is 5.91 Å². The van der Waals surface area contributed by atoms with Crippen molar-refractivity contribution in [1.29, 1.82) is 0 Å². The minimum atomic E-state index is -0.246. The molecule has 4 heteroatoms. The third-order valence-corrected chi connectivity index (χ3v) is 4.65. The molecule has 1 fully saturated rings. The average molecular weight is 281 g/mol. The van der Waals surface area contributed by atoms with E-state index in [2.05, 4.69) is 12.2 Å². The van der Waals surface area contributed by atoms with E-state index in [9.17, 15) is 9.18 Å². The van der Waals surface area contributed by atoms with Crippen LogP contribution in [0.15, 0.2) is 29.2 Å². The van der Waals surface area contributed by atoms with E-state index in [0.29, 0.717) is 17.7 Å². The largest absolute Gasteiger partial charge is 0.352 e. The van der Waals surface area contributed by atoms with E-state index in [1.165, 1.54) is 43.2 Å². The van der Waals surface area contributed by atoms with E-state index < -0.39 is 0 Å². The van der Waals surface area contributed by atoms with E-state index in [4.69, 9.17) is 0 Å². The molecule has 1 saturated carbocycles. The smallest absolute Gasteiger partial charge is 0.230 e. The molecule has 0 radical (unpaired) electrons. The lowest BCUT2D eigenvalue weighted by atomic mass is 9.86. The van der Waals surface area contributed by atoms with Gasteiger partial charge in [0.05, 0.1) is 5.75 Å². The number of nitrogens with one attached hydrogen (secondary N) is 1. The summed E-state index contributed by atoms with van der Waals surface area (Å²) in [7, 11) is 0. The van der Waals surface area contributed by atoms with Crippen LogP contribution in [0, 0.1) is 11.7 Å². The maximum Gasteiger partial charge on any atom is 0.230 e. The predicted molar refractivity (Wildman–Crippen MR) is 76.7 cm³/mol. The Morgan fingerprint density at radius 3 is 2.68 bits per heavy atom. The molecule has 0 bridgehead atoms. The van der Waals surface area contributed by atoms with Crippen LogP contribution in [0.1, 0.15) is 32.6 Å². The van der Waals surface area contributed by atoms with Crippen molar-refractivity contribution in [2.45, 2.75) is 43.5 Å². The topological polar surface area (TPSA) is 29.1 Å². The number of rotatable bonds is 4. The fourth-order valence-corrected chi connectivity index (χ4v) is 3.17. The van der Waals surface area contributed by atoms with Crippen molar-refractivity contribution in [2.24, 2.45) is 5.92 Å². The first kappa shape index (κ1) is 14.4. The highest BCUT2D eigenvalue weighted by atomic mass is 32.2. The van der Waals surface area contributed by atoms with Crippen LogP contribution in [-0.4, -0.2) is 17.7 Å². The van der Waals surface area contributed by atoms with Gasteiger partial charge in [-0.2, -0.15) is 0 Å². The lowest BCUT2D eigenvalue weighted by Crippen LogP contribution is -2.41. The Hall–Kier alpha value is -1.03. The first-order chi connectivity index (χ1) is 9.15. The summed E-state index contributed by atoms with van der Waals surface area (Å²) in [6.45, 7) is 2.21. The van der Waals surface area contributed by atoms with Crippen molar-refractivity contribution in [3.63, 3.8) is 0 Å². The number of hydrogen-bond donors (Lipinski definition) is 1. The van der Waals surface area contributed by atoms with Crippen molar-refractivity contribution < 1.29 is 9.18 Å². The summed E-state index contributed by atoms with van der Waals surface area (Å²) >= 11 is 1.45. The Kier molecular flexibility index (Phi) is 5.25. The molecule has 0 unspecified atom stereocenters. The normalized spacial score (nSPS) is 23.1. The van der Waals surface area contributed by atoms with Gasteiger partial charge in [-0.25, -0.2) is 4.39 Å². The van der Waals surface area contributed by atoms with Crippen molar-refractivity contribution in [3.8, 4) is 0 Å². The second kappa shape index (κ2) is 6.94. The minimum Gasteiger partial charge on any atom is -0.352 e. The summed E-state index contributed by atoms with van der Waals surface area (Å²) in [6, 6.07) is 6.58. The lowest BCUT2D eigenvalue weighted by Gasteiger charge is -2.29. The molecule has 2 nitrogen and oxygen atoms in total. The first-order valence-electron chi connectivity index (χ1n) is 6.83. The number of thioether (sulfide) groups is 1. The highest BCUT2D eigenvalue weighted by molar-refractivity contribution is 8.00. The monoisotopic (exact) mass is 281 g/mol. The molecular weight excluding hydrogens is 261 g/mol. The summed E-state index contributed by atoms with van der Waals surface area (Å²) in [4.78, 5) is 12.8. The molecule has 0 spiro atoms. The summed E-state index contributed by atoms with van der Waals surface area (Å²) in [5.74, 6) is 0.806. The number of benzene rings is 1. The molecule has 1 amide bonds. The highest BCUT2D eigenvalue weighted by Crippen LogP contribution is 2.24. The number of carbonyl (C=O) groups excluding carboxylic acids is 1. The van der Waals surface area contributed by atoms with Crippen LogP contribution in [0.25, 0.3) is 0 Å². The van der Waals surface area contributed by atoms with Gasteiger partial charge in [0, 0.05) is 10.9 Å². The van der Waals surface area contributed by atoms with Gasteiger partial charge < -0.3 is 5.32 Å². The van der Waals surface area contributed by atoms with Crippen LogP contribution in [0.3, 0.4) is 0 Å². The Labute approximate surface area is 118 Å². The van der Waals surface area contributed by atoms with Crippen LogP contribution in [0.2, 0.25) is 0 Å². The van der Waals surface area contributed by atoms with E-state index in [0.717, 1.165) is 11.3 Å². The quantitative estimate of drug-likeness (QED) is 0.854. The van der Waals surface area contributed by atoms with E-state index in [1.54, 1.807) is 12.1 Å². The minimum absolute atomic E-state index is 0.0769. The molecular formula is C15H20FNOS. The second-order valence-electron chi connectivity index (χ2n) is 5.18. The molecule has 0 heterocycles. The maximum atomic E-state index is 12.7. The average Bonchev–Trinajstić information content (AvgIpc) is 2.41. The number of hydrogen-bond acceptors (Lipinski definition) is 2. The molecule has 0 aliphatic heterocycles. The molecule has 1 aromatic rings. The summed E-state index contributed by atoms with van der Waals surface area (Å²) < 4.78 is 12.7. The van der Waals surface area contributed by atoms with Gasteiger partial charge in [-0.1, -0.05) is 19.8 Å². The Morgan fingerprint density at radius 1 is 1.32 bits per heavy atom. The van der Waals surface area contributed by atoms with E-state index in [1.807, 2.05) is 0 Å². The SMILES string of the molecule is C[C@H]1CCCC[C@@H]1NC(=O)CSc1ccc(F)cc1. The molecule has 104 valence electrons. The fraction of sp³-hybridized carbons (Fsp3) is 0.533. The van der Waals surface area contributed by atoms with Crippen LogP contribution >= 0.6 is 11.8 Å². The van der Waals surface area contributed by atoms with Gasteiger partial charge in [0.15, 0.2) is 0 Å². The van der Waals surface area contributed by atoms with Crippen LogP contribution < -0.4 is 5.32 Å². The maximum absolute atomic E-state index is 12.7. The van der Waals surface area contributed by atoms with Crippen LogP contribution in [-0.2, 0) is 4.79 Å². The molecule has 1 N–H and O–H groups in total. The van der Waals surface area contributed by atoms with Crippen molar-refractivity contribution in [2.75, 3.05) is 5.75 Å². The molecule has 1 aromatic carbocycles. The van der Waals surface area contributed by atoms with E-state index >= 15 is 0 Å². The van der Waals surface area contributed by atoms with Gasteiger partial charge in [-0.15, -0.1) is 11.8 Å². The van der Waals surface area contributed by atoms with Gasteiger partial charge in [0.25, 0.3) is 0 Å². The Morgan fingerprint density at radius 2 is 2.00 bits per heavy atom. The number of amides is 1. The van der Waals surface area contributed by atoms with Crippen molar-refractivity contribution >= 4 is 17.7 Å². The molecule has 1 aliphatic rings. The first-order valence-corrected chi connectivity index (χ1v) is 7.81. The molecule has 1 aliphatic carbocycles. The Balaban J connectivity index is 1.76. The molecule has 2 atom stereocenters. The van der Waals surface area contributed by atoms with E-state index in [-0.39, 0.29) is 11.7 Å². The number of carbonyl (C=O) groups is 1. The van der Waals surface area contributed by atoms with Gasteiger partial charge in [-0.3, -0.25) is 4.79 Å². The highest BCUT2D eigenvalue weighted by Gasteiger charge is 2.22. The van der Waals surface area contributed by atoms with Gasteiger partial charge in [0.1, 0.15) is 5.82 Å². The second-order valence-corrected chi connectivity index (χ2v) is 6.23. The van der Waals surface area contributed by atoms with Gasteiger partial charge >= 0.3 is 0 Å². The predicted octanol–water partition coefficient (Wildman–Crippen LogP) is 3.61. The third-order valence-electron chi connectivity index (χ3n) is 3.64. The summed E-state index contributed by atoms with van der Waals surface area (Å²) in [5, 5.41) is 3.12. The standard InChI is InChI=1S/C15H20FNOS/c1-11-4-2-3-5-14(11)17-15(18)10-19-13-8-6-12(16)7-9-13/h6-9,11,14H,2-5,10H2,1H3,(H,17,18)/t11-,14-/m0/s1. The van der Waals surface area contributed by atoms with Crippen LogP contribution in [0.5, 0.6) is 0 Å². The third kappa shape index (κ3) is 4.53. The van der Waals surface area contributed by atoms with Crippen LogP contribution in [0.4, 0.5) is 4.39 Å². The zero-order valence-electron chi connectivity index (χ0n) is 11.2. The lowest BCUT2D eigenvalue weighted by molar-refractivity contribution is -0.119. The molecule has 19 heavy (non-hydrogen) atoms. The van der Waals surface area contributed by atoms with Gasteiger partial charge in [-0.05, 0) is 43.0 Å². The van der Waals surface area contributed by atoms with Crippen molar-refractivity contribution in [3.05, 3.63) is 30.1 Å². The zero-order chi connectivity index (χ0) is 13.7. The molecule has 0 saturated heterocycles. The number of halogens is 1. The summed E-state index contributed by atoms with van der Waals surface area (Å²) in [5.41, 5.74) is 0.